The Morgan fingerprint density at radius 3 is 2.57 bits per heavy atom. The Balaban J connectivity index is 1.57. The Morgan fingerprint density at radius 1 is 1.08 bits per heavy atom. The van der Waals surface area contributed by atoms with Crippen molar-refractivity contribution >= 4 is 40.5 Å². The van der Waals surface area contributed by atoms with Gasteiger partial charge in [-0.15, -0.1) is 0 Å². The van der Waals surface area contributed by atoms with Crippen LogP contribution in [-0.2, 0) is 17.2 Å². The fourth-order valence-electron chi connectivity index (χ4n) is 4.47. The molecule has 3 rings (SSSR count). The zero-order chi connectivity index (χ0) is 26.8. The Hall–Kier alpha value is -2.56. The molecule has 2 atom stereocenters. The van der Waals surface area contributed by atoms with Gasteiger partial charge in [-0.3, -0.25) is 4.21 Å². The summed E-state index contributed by atoms with van der Waals surface area (Å²) in [5.74, 6) is 1.68. The minimum absolute atomic E-state index is 0.239. The highest BCUT2D eigenvalue weighted by atomic mass is 32.2. The zero-order valence-corrected chi connectivity index (χ0v) is 23.1. The second kappa shape index (κ2) is 14.4. The summed E-state index contributed by atoms with van der Waals surface area (Å²) in [4.78, 5) is 5.34. The summed E-state index contributed by atoms with van der Waals surface area (Å²) < 4.78 is 29.0. The Bertz CT molecular complexity index is 1170. The van der Waals surface area contributed by atoms with E-state index in [1.165, 1.54) is 0 Å². The molecule has 3 aromatic rings. The Kier molecular flexibility index (Phi) is 11.3. The van der Waals surface area contributed by atoms with Crippen LogP contribution in [0.3, 0.4) is 0 Å². The van der Waals surface area contributed by atoms with E-state index in [1.54, 1.807) is 13.2 Å². The van der Waals surface area contributed by atoms with Gasteiger partial charge in [-0.2, -0.15) is 4.98 Å². The SMILES string of the molecule is CCCC(CCCCCc1cc(OCC)c(OC)cc1B(O)O)Nc1nc2cc(S(=O)CC)ccc2o1. The standard InChI is InChI=1S/C27H39BN2O6S/c1-5-11-20(29-27-30-23-17-21(37(33)7-3)14-15-24(23)36-27)13-10-8-9-12-19-16-26(35-6-2)25(34-4)18-22(19)28(31)32/h14-18,20,31-32H,5-13H2,1-4H3,(H,29,30). The molecule has 2 aromatic carbocycles. The predicted octanol–water partition coefficient (Wildman–Crippen LogP) is 4.43. The first-order valence-electron chi connectivity index (χ1n) is 13.1. The number of benzene rings is 2. The summed E-state index contributed by atoms with van der Waals surface area (Å²) in [5.41, 5.74) is 2.71. The van der Waals surface area contributed by atoms with Gasteiger partial charge in [0.25, 0.3) is 6.01 Å². The van der Waals surface area contributed by atoms with Crippen LogP contribution in [0.5, 0.6) is 11.5 Å². The summed E-state index contributed by atoms with van der Waals surface area (Å²) in [7, 11) is -1.05. The second-order valence-electron chi connectivity index (χ2n) is 9.02. The van der Waals surface area contributed by atoms with Crippen molar-refractivity contribution in [2.24, 2.45) is 0 Å². The molecule has 0 amide bonds. The number of hydrogen-bond donors (Lipinski definition) is 3. The largest absolute Gasteiger partial charge is 0.493 e. The van der Waals surface area contributed by atoms with Crippen LogP contribution in [0.25, 0.3) is 11.1 Å². The number of unbranched alkanes of at least 4 members (excludes halogenated alkanes) is 2. The van der Waals surface area contributed by atoms with Crippen LogP contribution in [-0.4, -0.2) is 51.9 Å². The van der Waals surface area contributed by atoms with E-state index >= 15 is 0 Å². The van der Waals surface area contributed by atoms with Crippen LogP contribution >= 0.6 is 0 Å². The van der Waals surface area contributed by atoms with Crippen LogP contribution in [0.1, 0.15) is 64.9 Å². The molecular weight excluding hydrogens is 491 g/mol. The van der Waals surface area contributed by atoms with Gasteiger partial charge in [0.05, 0.1) is 24.5 Å². The minimum Gasteiger partial charge on any atom is -0.493 e. The predicted molar refractivity (Wildman–Crippen MR) is 149 cm³/mol. The molecule has 0 aliphatic carbocycles. The van der Waals surface area contributed by atoms with Crippen molar-refractivity contribution in [2.45, 2.75) is 76.7 Å². The van der Waals surface area contributed by atoms with Gasteiger partial charge in [-0.05, 0) is 74.0 Å². The second-order valence-corrected chi connectivity index (χ2v) is 10.8. The molecule has 3 N–H and O–H groups in total. The maximum atomic E-state index is 12.1. The van der Waals surface area contributed by atoms with Crippen molar-refractivity contribution < 1.29 is 28.1 Å². The van der Waals surface area contributed by atoms with Crippen molar-refractivity contribution in [3.63, 3.8) is 0 Å². The van der Waals surface area contributed by atoms with Crippen LogP contribution in [0, 0.1) is 0 Å². The molecule has 202 valence electrons. The Morgan fingerprint density at radius 2 is 1.89 bits per heavy atom. The molecule has 8 nitrogen and oxygen atoms in total. The normalized spacial score (nSPS) is 12.9. The summed E-state index contributed by atoms with van der Waals surface area (Å²) in [5, 5.41) is 23.1. The molecule has 0 bridgehead atoms. The number of aromatic nitrogens is 1. The number of hydrogen-bond acceptors (Lipinski definition) is 8. The summed E-state index contributed by atoms with van der Waals surface area (Å²) in [6.07, 6.45) is 6.66. The van der Waals surface area contributed by atoms with E-state index < -0.39 is 17.9 Å². The van der Waals surface area contributed by atoms with Gasteiger partial charge in [-0.25, -0.2) is 0 Å². The molecule has 1 aromatic heterocycles. The zero-order valence-electron chi connectivity index (χ0n) is 22.3. The third kappa shape index (κ3) is 7.96. The van der Waals surface area contributed by atoms with Gasteiger partial charge >= 0.3 is 7.12 Å². The lowest BCUT2D eigenvalue weighted by Crippen LogP contribution is -2.33. The number of nitrogens with one attached hydrogen (secondary N) is 1. The maximum absolute atomic E-state index is 12.1. The summed E-state index contributed by atoms with van der Waals surface area (Å²) in [6, 6.07) is 9.74. The van der Waals surface area contributed by atoms with Crippen molar-refractivity contribution in [1.29, 1.82) is 0 Å². The lowest BCUT2D eigenvalue weighted by molar-refractivity contribution is 0.310. The first kappa shape index (κ1) is 29.0. The molecule has 0 radical (unpaired) electrons. The van der Waals surface area contributed by atoms with Gasteiger partial charge in [0.15, 0.2) is 17.1 Å². The number of fused-ring (bicyclic) bond motifs is 1. The molecule has 2 unspecified atom stereocenters. The van der Waals surface area contributed by atoms with E-state index in [0.29, 0.717) is 46.4 Å². The number of rotatable bonds is 16. The molecule has 0 aliphatic heterocycles. The first-order valence-corrected chi connectivity index (χ1v) is 14.5. The van der Waals surface area contributed by atoms with E-state index in [0.717, 1.165) is 55.4 Å². The van der Waals surface area contributed by atoms with Crippen LogP contribution in [0.2, 0.25) is 0 Å². The Labute approximate surface area is 222 Å². The quantitative estimate of drug-likeness (QED) is 0.184. The monoisotopic (exact) mass is 530 g/mol. The fraction of sp³-hybridized carbons (Fsp3) is 0.519. The minimum atomic E-state index is -1.56. The van der Waals surface area contributed by atoms with Gasteiger partial charge < -0.3 is 29.3 Å². The lowest BCUT2D eigenvalue weighted by Gasteiger charge is -2.17. The molecule has 0 fully saturated rings. The number of nitrogens with zero attached hydrogens (tertiary/aromatic N) is 1. The molecule has 37 heavy (non-hydrogen) atoms. The van der Waals surface area contributed by atoms with Crippen LogP contribution < -0.4 is 20.3 Å². The van der Waals surface area contributed by atoms with E-state index in [-0.39, 0.29) is 6.04 Å². The number of aryl methyl sites for hydroxylation is 1. The molecular formula is C27H39BN2O6S. The fourth-order valence-corrected chi connectivity index (χ4v) is 5.27. The molecule has 0 spiro atoms. The van der Waals surface area contributed by atoms with Crippen LogP contribution in [0.4, 0.5) is 6.01 Å². The molecule has 0 saturated heterocycles. The van der Waals surface area contributed by atoms with E-state index in [1.807, 2.05) is 38.1 Å². The van der Waals surface area contributed by atoms with Gasteiger partial charge in [0.2, 0.25) is 0 Å². The van der Waals surface area contributed by atoms with Crippen molar-refractivity contribution in [2.75, 3.05) is 24.8 Å². The molecule has 10 heteroatoms. The van der Waals surface area contributed by atoms with Gasteiger partial charge in [0.1, 0.15) is 5.52 Å². The van der Waals surface area contributed by atoms with E-state index in [2.05, 4.69) is 17.2 Å². The highest BCUT2D eigenvalue weighted by Crippen LogP contribution is 2.28. The number of ether oxygens (including phenoxy) is 2. The van der Waals surface area contributed by atoms with Crippen LogP contribution in [0.15, 0.2) is 39.6 Å². The first-order chi connectivity index (χ1) is 17.9. The third-order valence-corrected chi connectivity index (χ3v) is 7.66. The van der Waals surface area contributed by atoms with Crippen molar-refractivity contribution in [3.05, 3.63) is 35.9 Å². The molecule has 0 aliphatic rings. The highest BCUT2D eigenvalue weighted by Gasteiger charge is 2.20. The lowest BCUT2D eigenvalue weighted by atomic mass is 9.75. The maximum Gasteiger partial charge on any atom is 0.488 e. The summed E-state index contributed by atoms with van der Waals surface area (Å²) in [6.45, 7) is 6.47. The average Bonchev–Trinajstić information content (AvgIpc) is 3.29. The smallest absolute Gasteiger partial charge is 0.488 e. The average molecular weight is 530 g/mol. The molecule has 1 heterocycles. The van der Waals surface area contributed by atoms with E-state index in [9.17, 15) is 14.3 Å². The summed E-state index contributed by atoms with van der Waals surface area (Å²) >= 11 is 0. The molecule has 0 saturated carbocycles. The van der Waals surface area contributed by atoms with Gasteiger partial charge in [-0.1, -0.05) is 33.1 Å². The van der Waals surface area contributed by atoms with Crippen molar-refractivity contribution in [3.8, 4) is 11.5 Å². The highest BCUT2D eigenvalue weighted by molar-refractivity contribution is 7.85. The third-order valence-electron chi connectivity index (χ3n) is 6.35. The topological polar surface area (TPSA) is 114 Å². The van der Waals surface area contributed by atoms with Crippen molar-refractivity contribution in [1.82, 2.24) is 4.98 Å². The van der Waals surface area contributed by atoms with E-state index in [4.69, 9.17) is 13.9 Å². The number of oxazole rings is 1. The van der Waals surface area contributed by atoms with Gasteiger partial charge in [0, 0.05) is 16.7 Å². The number of methoxy groups -OCH3 is 1. The number of anilines is 1.